The first-order chi connectivity index (χ1) is 7.84. The zero-order valence-corrected chi connectivity index (χ0v) is 8.81. The molecule has 1 aliphatic heterocycles. The molecule has 1 N–H and O–H groups in total. The second-order valence-corrected chi connectivity index (χ2v) is 4.12. The van der Waals surface area contributed by atoms with Crippen molar-refractivity contribution in [2.45, 2.75) is 12.3 Å². The lowest BCUT2D eigenvalue weighted by Crippen LogP contribution is -2.13. The molecule has 1 saturated heterocycles. The lowest BCUT2D eigenvalue weighted by atomic mass is 9.95. The maximum absolute atomic E-state index is 11.2. The second kappa shape index (κ2) is 3.59. The molecule has 1 fully saturated rings. The minimum Gasteiger partial charge on any atom is -0.355 e. The van der Waals surface area contributed by atoms with Gasteiger partial charge in [0, 0.05) is 30.5 Å². The van der Waals surface area contributed by atoms with E-state index in [4.69, 9.17) is 0 Å². The average Bonchev–Trinajstić information content (AvgIpc) is 2.75. The summed E-state index contributed by atoms with van der Waals surface area (Å²) in [6.07, 6.45) is 2.41. The number of carbonyl (C=O) groups excluding carboxylic acids is 1. The first kappa shape index (κ1) is 9.33. The van der Waals surface area contributed by atoms with Gasteiger partial charge in [-0.2, -0.15) is 0 Å². The lowest BCUT2D eigenvalue weighted by Gasteiger charge is -2.10. The highest BCUT2D eigenvalue weighted by Gasteiger charge is 2.24. The molecule has 0 radical (unpaired) electrons. The van der Waals surface area contributed by atoms with Crippen LogP contribution in [-0.4, -0.2) is 17.4 Å². The summed E-state index contributed by atoms with van der Waals surface area (Å²) in [6, 6.07) is 10.1. The number of carbonyl (C=O) groups is 1. The molecule has 0 spiro atoms. The van der Waals surface area contributed by atoms with E-state index in [-0.39, 0.29) is 5.91 Å². The number of pyridine rings is 1. The van der Waals surface area contributed by atoms with Crippen molar-refractivity contribution >= 4 is 16.8 Å². The van der Waals surface area contributed by atoms with Gasteiger partial charge in [-0.3, -0.25) is 9.78 Å². The van der Waals surface area contributed by atoms with E-state index in [0.29, 0.717) is 12.3 Å². The molecule has 3 rings (SSSR count). The van der Waals surface area contributed by atoms with Crippen LogP contribution in [-0.2, 0) is 4.79 Å². The van der Waals surface area contributed by atoms with Crippen LogP contribution >= 0.6 is 0 Å². The summed E-state index contributed by atoms with van der Waals surface area (Å²) in [4.78, 5) is 15.6. The van der Waals surface area contributed by atoms with Crippen LogP contribution in [0.25, 0.3) is 10.9 Å². The number of aromatic nitrogens is 1. The van der Waals surface area contributed by atoms with Gasteiger partial charge in [0.1, 0.15) is 0 Å². The lowest BCUT2D eigenvalue weighted by molar-refractivity contribution is -0.119. The Kier molecular flexibility index (Phi) is 2.10. The van der Waals surface area contributed by atoms with E-state index in [2.05, 4.69) is 16.4 Å². The number of para-hydroxylation sites is 1. The van der Waals surface area contributed by atoms with Crippen molar-refractivity contribution in [3.8, 4) is 0 Å². The second-order valence-electron chi connectivity index (χ2n) is 4.12. The summed E-state index contributed by atoms with van der Waals surface area (Å²) >= 11 is 0. The third-order valence-corrected chi connectivity index (χ3v) is 3.10. The van der Waals surface area contributed by atoms with Crippen molar-refractivity contribution in [2.75, 3.05) is 6.54 Å². The van der Waals surface area contributed by atoms with E-state index < -0.39 is 0 Å². The quantitative estimate of drug-likeness (QED) is 0.783. The Morgan fingerprint density at radius 3 is 2.94 bits per heavy atom. The average molecular weight is 212 g/mol. The van der Waals surface area contributed by atoms with Gasteiger partial charge in [-0.1, -0.05) is 18.2 Å². The van der Waals surface area contributed by atoms with Gasteiger partial charge in [-0.25, -0.2) is 0 Å². The number of hydrogen-bond acceptors (Lipinski definition) is 2. The Labute approximate surface area is 93.5 Å². The Morgan fingerprint density at radius 1 is 1.25 bits per heavy atom. The van der Waals surface area contributed by atoms with Gasteiger partial charge < -0.3 is 5.32 Å². The van der Waals surface area contributed by atoms with Crippen molar-refractivity contribution in [1.29, 1.82) is 0 Å². The first-order valence-corrected chi connectivity index (χ1v) is 5.45. The minimum absolute atomic E-state index is 0.144. The standard InChI is InChI=1S/C13H12N2O/c16-13-7-9(8-15-13)10-5-6-14-12-4-2-1-3-11(10)12/h1-6,9H,7-8H2,(H,15,16). The number of nitrogens with zero attached hydrogens (tertiary/aromatic N) is 1. The summed E-state index contributed by atoms with van der Waals surface area (Å²) in [5.41, 5.74) is 2.23. The van der Waals surface area contributed by atoms with E-state index in [1.807, 2.05) is 30.5 Å². The van der Waals surface area contributed by atoms with Crippen molar-refractivity contribution in [3.63, 3.8) is 0 Å². The molecule has 1 aliphatic rings. The number of rotatable bonds is 1. The molecule has 80 valence electrons. The number of fused-ring (bicyclic) bond motifs is 1. The van der Waals surface area contributed by atoms with E-state index in [0.717, 1.165) is 17.4 Å². The molecule has 0 aliphatic carbocycles. The maximum atomic E-state index is 11.2. The number of benzene rings is 1. The Bertz CT molecular complexity index is 545. The van der Waals surface area contributed by atoms with Crippen molar-refractivity contribution < 1.29 is 4.79 Å². The zero-order valence-electron chi connectivity index (χ0n) is 8.81. The Balaban J connectivity index is 2.13. The first-order valence-electron chi connectivity index (χ1n) is 5.45. The fourth-order valence-electron chi connectivity index (χ4n) is 2.30. The normalized spacial score (nSPS) is 20.0. The van der Waals surface area contributed by atoms with Crippen LogP contribution in [0.2, 0.25) is 0 Å². The summed E-state index contributed by atoms with van der Waals surface area (Å²) in [6.45, 7) is 0.743. The molecule has 1 aromatic carbocycles. The fourth-order valence-corrected chi connectivity index (χ4v) is 2.30. The van der Waals surface area contributed by atoms with E-state index in [9.17, 15) is 4.79 Å². The van der Waals surface area contributed by atoms with Crippen LogP contribution in [0.3, 0.4) is 0 Å². The topological polar surface area (TPSA) is 42.0 Å². The predicted octanol–water partition coefficient (Wildman–Crippen LogP) is 1.84. The van der Waals surface area contributed by atoms with E-state index in [1.165, 1.54) is 5.56 Å². The van der Waals surface area contributed by atoms with Gasteiger partial charge in [0.05, 0.1) is 5.52 Å². The van der Waals surface area contributed by atoms with Gasteiger partial charge in [-0.05, 0) is 17.7 Å². The van der Waals surface area contributed by atoms with Crippen molar-refractivity contribution in [1.82, 2.24) is 10.3 Å². The fraction of sp³-hybridized carbons (Fsp3) is 0.231. The van der Waals surface area contributed by atoms with Gasteiger partial charge in [-0.15, -0.1) is 0 Å². The summed E-state index contributed by atoms with van der Waals surface area (Å²) < 4.78 is 0. The van der Waals surface area contributed by atoms with Gasteiger partial charge in [0.25, 0.3) is 0 Å². The highest BCUT2D eigenvalue weighted by molar-refractivity contribution is 5.85. The largest absolute Gasteiger partial charge is 0.355 e. The molecule has 2 aromatic rings. The number of amides is 1. The monoisotopic (exact) mass is 212 g/mol. The van der Waals surface area contributed by atoms with Crippen LogP contribution in [0.15, 0.2) is 36.5 Å². The highest BCUT2D eigenvalue weighted by atomic mass is 16.1. The van der Waals surface area contributed by atoms with Crippen LogP contribution in [0, 0.1) is 0 Å². The summed E-state index contributed by atoms with van der Waals surface area (Å²) in [7, 11) is 0. The third-order valence-electron chi connectivity index (χ3n) is 3.10. The highest BCUT2D eigenvalue weighted by Crippen LogP contribution is 2.28. The van der Waals surface area contributed by atoms with Gasteiger partial charge >= 0.3 is 0 Å². The molecule has 2 heterocycles. The molecule has 1 atom stereocenters. The van der Waals surface area contributed by atoms with Gasteiger partial charge in [0.2, 0.25) is 5.91 Å². The Hall–Kier alpha value is -1.90. The number of nitrogens with one attached hydrogen (secondary N) is 1. The molecule has 16 heavy (non-hydrogen) atoms. The SMILES string of the molecule is O=C1CC(c2ccnc3ccccc23)CN1. The molecular weight excluding hydrogens is 200 g/mol. The predicted molar refractivity (Wildman–Crippen MR) is 62.1 cm³/mol. The van der Waals surface area contributed by atoms with Crippen LogP contribution in [0.5, 0.6) is 0 Å². The molecule has 0 saturated carbocycles. The van der Waals surface area contributed by atoms with Crippen LogP contribution < -0.4 is 5.32 Å². The number of hydrogen-bond donors (Lipinski definition) is 1. The molecular formula is C13H12N2O. The van der Waals surface area contributed by atoms with E-state index >= 15 is 0 Å². The molecule has 1 unspecified atom stereocenters. The summed E-state index contributed by atoms with van der Waals surface area (Å²) in [5, 5.41) is 4.03. The van der Waals surface area contributed by atoms with Gasteiger partial charge in [0.15, 0.2) is 0 Å². The molecule has 0 bridgehead atoms. The molecule has 1 aromatic heterocycles. The maximum Gasteiger partial charge on any atom is 0.220 e. The van der Waals surface area contributed by atoms with Crippen molar-refractivity contribution in [2.24, 2.45) is 0 Å². The van der Waals surface area contributed by atoms with E-state index in [1.54, 1.807) is 0 Å². The zero-order chi connectivity index (χ0) is 11.0. The van der Waals surface area contributed by atoms with Crippen LogP contribution in [0.1, 0.15) is 17.9 Å². The molecule has 1 amide bonds. The smallest absolute Gasteiger partial charge is 0.220 e. The molecule has 3 heteroatoms. The van der Waals surface area contributed by atoms with Crippen molar-refractivity contribution in [3.05, 3.63) is 42.1 Å². The Morgan fingerprint density at radius 2 is 2.12 bits per heavy atom. The molecule has 3 nitrogen and oxygen atoms in total. The van der Waals surface area contributed by atoms with Crippen LogP contribution in [0.4, 0.5) is 0 Å². The summed E-state index contributed by atoms with van der Waals surface area (Å²) in [5.74, 6) is 0.436. The third kappa shape index (κ3) is 1.45. The minimum atomic E-state index is 0.144.